The van der Waals surface area contributed by atoms with Gasteiger partial charge in [0.2, 0.25) is 0 Å². The Kier molecular flexibility index (Phi) is 6.62. The number of likely N-dealkylation sites (N-methyl/N-ethyl adjacent to an activating group) is 1. The number of nitrogens with zero attached hydrogens (tertiary/aromatic N) is 8. The summed E-state index contributed by atoms with van der Waals surface area (Å²) in [5.74, 6) is 0.623. The maximum absolute atomic E-state index is 12.9. The third-order valence-corrected chi connectivity index (χ3v) is 6.10. The number of pyridine rings is 1. The molecule has 13 heteroatoms. The number of halogens is 2. The van der Waals surface area contributed by atoms with Crippen molar-refractivity contribution in [1.29, 1.82) is 0 Å². The second-order valence-corrected chi connectivity index (χ2v) is 8.92. The minimum atomic E-state index is -0.341. The molecule has 5 rings (SSSR count). The van der Waals surface area contributed by atoms with Gasteiger partial charge in [0.1, 0.15) is 5.75 Å². The minimum Gasteiger partial charge on any atom is -0.455 e. The summed E-state index contributed by atoms with van der Waals surface area (Å²) in [7, 11) is 1.66. The molecule has 2 aromatic carbocycles. The van der Waals surface area contributed by atoms with E-state index in [2.05, 4.69) is 25.2 Å². The molecular formula is C24H19Cl2N9O2. The van der Waals surface area contributed by atoms with E-state index in [1.807, 2.05) is 6.07 Å². The van der Waals surface area contributed by atoms with E-state index in [0.29, 0.717) is 62.3 Å². The fourth-order valence-corrected chi connectivity index (χ4v) is 4.26. The zero-order chi connectivity index (χ0) is 26.1. The highest BCUT2D eigenvalue weighted by atomic mass is 35.5. The third-order valence-electron chi connectivity index (χ3n) is 5.59. The van der Waals surface area contributed by atoms with Gasteiger partial charge >= 0.3 is 6.03 Å². The molecule has 3 aromatic heterocycles. The number of rotatable bonds is 6. The van der Waals surface area contributed by atoms with Crippen molar-refractivity contribution < 1.29 is 9.53 Å². The van der Waals surface area contributed by atoms with Crippen LogP contribution in [0.2, 0.25) is 10.0 Å². The van der Waals surface area contributed by atoms with Gasteiger partial charge in [-0.05, 0) is 42.5 Å². The van der Waals surface area contributed by atoms with Crippen LogP contribution >= 0.6 is 23.2 Å². The van der Waals surface area contributed by atoms with Gasteiger partial charge in [0.15, 0.2) is 22.6 Å². The van der Waals surface area contributed by atoms with E-state index in [4.69, 9.17) is 40.2 Å². The van der Waals surface area contributed by atoms with Crippen LogP contribution in [0.3, 0.4) is 0 Å². The number of carbonyl (C=O) groups is 1. The van der Waals surface area contributed by atoms with Gasteiger partial charge in [-0.1, -0.05) is 28.4 Å². The number of carbonyl (C=O) groups excluding carboxylic acids is 1. The Balaban J connectivity index is 1.53. The van der Waals surface area contributed by atoms with Crippen molar-refractivity contribution in [2.45, 2.75) is 6.54 Å². The Morgan fingerprint density at radius 2 is 2.08 bits per heavy atom. The molecule has 186 valence electrons. The molecule has 11 nitrogen and oxygen atoms in total. The lowest BCUT2D eigenvalue weighted by atomic mass is 10.2. The molecule has 3 heterocycles. The number of fused-ring (bicyclic) bond motifs is 2. The first-order chi connectivity index (χ1) is 17.9. The molecule has 5 aromatic rings. The quantitative estimate of drug-likeness (QED) is 0.312. The zero-order valence-electron chi connectivity index (χ0n) is 19.5. The highest BCUT2D eigenvalue weighted by molar-refractivity contribution is 6.33. The number of aromatic nitrogens is 6. The van der Waals surface area contributed by atoms with Gasteiger partial charge < -0.3 is 15.4 Å². The first-order valence-corrected chi connectivity index (χ1v) is 11.8. The average Bonchev–Trinajstić information content (AvgIpc) is 3.47. The summed E-state index contributed by atoms with van der Waals surface area (Å²) in [6.07, 6.45) is 1.60. The van der Waals surface area contributed by atoms with Crippen LogP contribution in [0.25, 0.3) is 26.9 Å². The van der Waals surface area contributed by atoms with Gasteiger partial charge in [0.05, 0.1) is 29.4 Å². The standard InChI is InChI=1S/C24H19Cl2N9O2/c1-28-15-10-14(25)11-16(12-15)37-22-18(26)5-6-20-21(22)30-32-34(20)13-19-17-4-3-8-29-23(17)35(31-19)24(36)33(2)9-7-27/h3-6,8,10-12H,7,9,13,27H2,2H3. The van der Waals surface area contributed by atoms with Crippen LogP contribution in [-0.4, -0.2) is 60.8 Å². The number of ether oxygens (including phenoxy) is 1. The average molecular weight is 536 g/mol. The predicted octanol–water partition coefficient (Wildman–Crippen LogP) is 4.73. The van der Waals surface area contributed by atoms with Crippen molar-refractivity contribution in [1.82, 2.24) is 34.7 Å². The van der Waals surface area contributed by atoms with Crippen LogP contribution in [0.1, 0.15) is 5.69 Å². The first-order valence-electron chi connectivity index (χ1n) is 11.1. The fraction of sp³-hybridized carbons (Fsp3) is 0.167. The maximum Gasteiger partial charge on any atom is 0.346 e. The topological polar surface area (TPSA) is 121 Å². The molecule has 0 radical (unpaired) electrons. The minimum absolute atomic E-state index is 0.208. The Labute approximate surface area is 220 Å². The molecular weight excluding hydrogens is 517 g/mol. The summed E-state index contributed by atoms with van der Waals surface area (Å²) in [4.78, 5) is 22.2. The molecule has 0 spiro atoms. The van der Waals surface area contributed by atoms with E-state index in [1.54, 1.807) is 48.3 Å². The Morgan fingerprint density at radius 1 is 1.24 bits per heavy atom. The monoisotopic (exact) mass is 535 g/mol. The van der Waals surface area contributed by atoms with Crippen LogP contribution in [-0.2, 0) is 6.54 Å². The summed E-state index contributed by atoms with van der Waals surface area (Å²) in [6.45, 7) is 8.16. The van der Waals surface area contributed by atoms with Crippen molar-refractivity contribution in [3.8, 4) is 11.5 Å². The third kappa shape index (κ3) is 4.65. The first kappa shape index (κ1) is 24.5. The zero-order valence-corrected chi connectivity index (χ0v) is 21.0. The lowest BCUT2D eigenvalue weighted by Crippen LogP contribution is -2.35. The largest absolute Gasteiger partial charge is 0.455 e. The normalized spacial score (nSPS) is 11.1. The fourth-order valence-electron chi connectivity index (χ4n) is 3.85. The van der Waals surface area contributed by atoms with E-state index < -0.39 is 0 Å². The molecule has 0 fully saturated rings. The molecule has 0 saturated carbocycles. The Hall–Kier alpha value is -4.24. The summed E-state index contributed by atoms with van der Waals surface area (Å²) in [6, 6.07) is 11.4. The molecule has 0 aliphatic heterocycles. The van der Waals surface area contributed by atoms with Crippen molar-refractivity contribution in [3.63, 3.8) is 0 Å². The van der Waals surface area contributed by atoms with Crippen molar-refractivity contribution in [3.05, 3.63) is 75.8 Å². The van der Waals surface area contributed by atoms with E-state index in [1.165, 1.54) is 15.6 Å². The number of hydrogen-bond acceptors (Lipinski definition) is 7. The smallest absolute Gasteiger partial charge is 0.346 e. The number of amides is 1. The SMILES string of the molecule is [C-]#[N+]c1cc(Cl)cc(Oc2c(Cl)ccc3c2nnn3Cc2nn(C(=O)N(C)CCN)c3ncccc23)c1. The molecule has 37 heavy (non-hydrogen) atoms. The number of benzene rings is 2. The highest BCUT2D eigenvalue weighted by Crippen LogP contribution is 2.37. The number of hydrogen-bond donors (Lipinski definition) is 1. The predicted molar refractivity (Wildman–Crippen MR) is 139 cm³/mol. The Bertz CT molecular complexity index is 1690. The lowest BCUT2D eigenvalue weighted by molar-refractivity contribution is 0.209. The van der Waals surface area contributed by atoms with E-state index in [9.17, 15) is 4.79 Å². The molecule has 0 atom stereocenters. The second-order valence-electron chi connectivity index (χ2n) is 8.08. The van der Waals surface area contributed by atoms with Crippen LogP contribution < -0.4 is 10.5 Å². The van der Waals surface area contributed by atoms with Crippen LogP contribution in [0.4, 0.5) is 10.5 Å². The molecule has 2 N–H and O–H groups in total. The molecule has 1 amide bonds. The van der Waals surface area contributed by atoms with Gasteiger partial charge in [-0.25, -0.2) is 19.3 Å². The summed E-state index contributed by atoms with van der Waals surface area (Å²) >= 11 is 12.6. The van der Waals surface area contributed by atoms with Crippen molar-refractivity contribution in [2.24, 2.45) is 5.73 Å². The second kappa shape index (κ2) is 10.0. The molecule has 0 bridgehead atoms. The lowest BCUT2D eigenvalue weighted by Gasteiger charge is -2.15. The summed E-state index contributed by atoms with van der Waals surface area (Å²) in [5, 5.41) is 14.5. The van der Waals surface area contributed by atoms with E-state index in [0.717, 1.165) is 0 Å². The summed E-state index contributed by atoms with van der Waals surface area (Å²) in [5.41, 5.74) is 7.99. The van der Waals surface area contributed by atoms with Crippen LogP contribution in [0.15, 0.2) is 48.7 Å². The van der Waals surface area contributed by atoms with Crippen molar-refractivity contribution >= 4 is 57.0 Å². The highest BCUT2D eigenvalue weighted by Gasteiger charge is 2.21. The van der Waals surface area contributed by atoms with Crippen LogP contribution in [0, 0.1) is 6.57 Å². The van der Waals surface area contributed by atoms with Gasteiger partial charge in [0.25, 0.3) is 0 Å². The van der Waals surface area contributed by atoms with E-state index in [-0.39, 0.29) is 18.3 Å². The van der Waals surface area contributed by atoms with Crippen LogP contribution in [0.5, 0.6) is 11.5 Å². The maximum atomic E-state index is 12.9. The van der Waals surface area contributed by atoms with E-state index >= 15 is 0 Å². The van der Waals surface area contributed by atoms with Crippen molar-refractivity contribution in [2.75, 3.05) is 20.1 Å². The molecule has 0 aliphatic rings. The Morgan fingerprint density at radius 3 is 2.86 bits per heavy atom. The van der Waals surface area contributed by atoms with Gasteiger partial charge in [0, 0.05) is 36.7 Å². The van der Waals surface area contributed by atoms with Gasteiger partial charge in [-0.3, -0.25) is 0 Å². The van der Waals surface area contributed by atoms with Gasteiger partial charge in [-0.2, -0.15) is 9.78 Å². The molecule has 0 aliphatic carbocycles. The molecule has 0 unspecified atom stereocenters. The van der Waals surface area contributed by atoms with Gasteiger partial charge in [-0.15, -0.1) is 5.10 Å². The molecule has 0 saturated heterocycles. The summed E-state index contributed by atoms with van der Waals surface area (Å²) < 4.78 is 8.89. The number of nitrogens with two attached hydrogens (primary N) is 1.